The summed E-state index contributed by atoms with van der Waals surface area (Å²) in [5.41, 5.74) is 1.15. The molecule has 0 spiro atoms. The molecule has 0 atom stereocenters. The summed E-state index contributed by atoms with van der Waals surface area (Å²) >= 11 is 0. The Labute approximate surface area is 171 Å². The van der Waals surface area contributed by atoms with Crippen molar-refractivity contribution in [3.63, 3.8) is 0 Å². The first-order valence-electron chi connectivity index (χ1n) is 9.37. The minimum atomic E-state index is -0.343. The number of anilines is 1. The van der Waals surface area contributed by atoms with E-state index in [9.17, 15) is 14.0 Å². The third-order valence-corrected chi connectivity index (χ3v) is 4.99. The SMILES string of the molecule is C.CCC(=O)N1CCC(N(C)C(=O)Nc2cnc(-c3cccc(F)c3)cn2)CC1. The van der Waals surface area contributed by atoms with Gasteiger partial charge in [0, 0.05) is 38.2 Å². The Morgan fingerprint density at radius 3 is 2.55 bits per heavy atom. The number of amides is 3. The Kier molecular flexibility index (Phi) is 7.64. The van der Waals surface area contributed by atoms with E-state index in [2.05, 4.69) is 15.3 Å². The minimum Gasteiger partial charge on any atom is -0.343 e. The van der Waals surface area contributed by atoms with Gasteiger partial charge in [0.15, 0.2) is 5.82 Å². The number of piperidine rings is 1. The summed E-state index contributed by atoms with van der Waals surface area (Å²) in [6.45, 7) is 3.18. The van der Waals surface area contributed by atoms with Crippen LogP contribution in [-0.2, 0) is 4.79 Å². The fourth-order valence-electron chi connectivity index (χ4n) is 3.28. The first-order valence-corrected chi connectivity index (χ1v) is 9.37. The Balaban J connectivity index is 0.00000300. The molecular formula is C21H28FN5O2. The zero-order valence-corrected chi connectivity index (χ0v) is 16.1. The lowest BCUT2D eigenvalue weighted by Gasteiger charge is -2.36. The van der Waals surface area contributed by atoms with E-state index in [0.717, 1.165) is 12.8 Å². The number of rotatable bonds is 4. The monoisotopic (exact) mass is 401 g/mol. The molecule has 1 N–H and O–H groups in total. The van der Waals surface area contributed by atoms with Crippen LogP contribution in [0.4, 0.5) is 15.0 Å². The molecule has 1 aromatic carbocycles. The number of hydrogen-bond acceptors (Lipinski definition) is 4. The quantitative estimate of drug-likeness (QED) is 0.846. The molecule has 1 saturated heterocycles. The Morgan fingerprint density at radius 2 is 1.97 bits per heavy atom. The lowest BCUT2D eigenvalue weighted by molar-refractivity contribution is -0.132. The summed E-state index contributed by atoms with van der Waals surface area (Å²) in [5.74, 6) is 0.139. The van der Waals surface area contributed by atoms with Crippen molar-refractivity contribution >= 4 is 17.8 Å². The van der Waals surface area contributed by atoms with Gasteiger partial charge in [-0.25, -0.2) is 14.2 Å². The van der Waals surface area contributed by atoms with Crippen LogP contribution in [0.5, 0.6) is 0 Å². The number of carbonyl (C=O) groups is 2. The van der Waals surface area contributed by atoms with Gasteiger partial charge < -0.3 is 9.80 Å². The van der Waals surface area contributed by atoms with Crippen LogP contribution < -0.4 is 5.32 Å². The average Bonchev–Trinajstić information content (AvgIpc) is 2.73. The molecule has 1 aliphatic rings. The van der Waals surface area contributed by atoms with E-state index in [1.807, 2.05) is 11.8 Å². The number of likely N-dealkylation sites (tertiary alicyclic amines) is 1. The van der Waals surface area contributed by atoms with Gasteiger partial charge in [0.2, 0.25) is 5.91 Å². The van der Waals surface area contributed by atoms with Crippen molar-refractivity contribution in [1.29, 1.82) is 0 Å². The smallest absolute Gasteiger partial charge is 0.323 e. The zero-order valence-electron chi connectivity index (χ0n) is 16.1. The number of aromatic nitrogens is 2. The van der Waals surface area contributed by atoms with Crippen molar-refractivity contribution in [1.82, 2.24) is 19.8 Å². The molecule has 29 heavy (non-hydrogen) atoms. The van der Waals surface area contributed by atoms with E-state index in [-0.39, 0.29) is 31.2 Å². The number of carbonyl (C=O) groups excluding carboxylic acids is 2. The number of nitrogens with zero attached hydrogens (tertiary/aromatic N) is 4. The molecular weight excluding hydrogens is 373 g/mol. The molecule has 8 heteroatoms. The van der Waals surface area contributed by atoms with Gasteiger partial charge in [0.25, 0.3) is 0 Å². The molecule has 0 bridgehead atoms. The molecule has 2 heterocycles. The molecule has 1 aromatic heterocycles. The van der Waals surface area contributed by atoms with E-state index >= 15 is 0 Å². The highest BCUT2D eigenvalue weighted by atomic mass is 19.1. The molecule has 0 radical (unpaired) electrons. The Bertz CT molecular complexity index is 835. The molecule has 3 rings (SSSR count). The summed E-state index contributed by atoms with van der Waals surface area (Å²) in [6.07, 6.45) is 4.96. The van der Waals surface area contributed by atoms with Gasteiger partial charge in [0.1, 0.15) is 5.82 Å². The van der Waals surface area contributed by atoms with Crippen LogP contribution in [0.25, 0.3) is 11.3 Å². The summed E-state index contributed by atoms with van der Waals surface area (Å²) < 4.78 is 13.3. The molecule has 1 aliphatic heterocycles. The first kappa shape index (κ1) is 22.3. The van der Waals surface area contributed by atoms with Gasteiger partial charge in [-0.1, -0.05) is 26.5 Å². The van der Waals surface area contributed by atoms with Crippen LogP contribution in [-0.4, -0.2) is 57.9 Å². The van der Waals surface area contributed by atoms with Gasteiger partial charge in [-0.15, -0.1) is 0 Å². The fraction of sp³-hybridized carbons (Fsp3) is 0.429. The van der Waals surface area contributed by atoms with Crippen LogP contribution in [0.15, 0.2) is 36.7 Å². The van der Waals surface area contributed by atoms with E-state index in [4.69, 9.17) is 0 Å². The van der Waals surface area contributed by atoms with Crippen LogP contribution in [0.2, 0.25) is 0 Å². The van der Waals surface area contributed by atoms with Crippen molar-refractivity contribution in [2.24, 2.45) is 0 Å². The molecule has 7 nitrogen and oxygen atoms in total. The normalized spacial score (nSPS) is 14.1. The predicted molar refractivity (Wildman–Crippen MR) is 111 cm³/mol. The number of hydrogen-bond donors (Lipinski definition) is 1. The number of benzene rings is 1. The van der Waals surface area contributed by atoms with Gasteiger partial charge in [-0.05, 0) is 25.0 Å². The van der Waals surface area contributed by atoms with Gasteiger partial charge in [-0.3, -0.25) is 15.1 Å². The average molecular weight is 401 g/mol. The van der Waals surface area contributed by atoms with Crippen molar-refractivity contribution in [3.8, 4) is 11.3 Å². The third kappa shape index (κ3) is 5.49. The molecule has 3 amide bonds. The van der Waals surface area contributed by atoms with Crippen molar-refractivity contribution in [2.45, 2.75) is 39.7 Å². The van der Waals surface area contributed by atoms with E-state index in [1.54, 1.807) is 24.1 Å². The van der Waals surface area contributed by atoms with E-state index < -0.39 is 0 Å². The van der Waals surface area contributed by atoms with Gasteiger partial charge >= 0.3 is 6.03 Å². The van der Waals surface area contributed by atoms with Crippen molar-refractivity contribution < 1.29 is 14.0 Å². The summed E-state index contributed by atoms with van der Waals surface area (Å²) in [7, 11) is 1.74. The Hall–Kier alpha value is -3.03. The van der Waals surface area contributed by atoms with Crippen LogP contribution in [0.3, 0.4) is 0 Å². The lowest BCUT2D eigenvalue weighted by Crippen LogP contribution is -2.48. The molecule has 0 aliphatic carbocycles. The predicted octanol–water partition coefficient (Wildman–Crippen LogP) is 3.78. The maximum absolute atomic E-state index is 13.3. The van der Waals surface area contributed by atoms with E-state index in [1.165, 1.54) is 24.5 Å². The molecule has 1 fully saturated rings. The number of urea groups is 1. The lowest BCUT2D eigenvalue weighted by atomic mass is 10.0. The van der Waals surface area contributed by atoms with E-state index in [0.29, 0.717) is 36.6 Å². The fourth-order valence-corrected chi connectivity index (χ4v) is 3.28. The van der Waals surface area contributed by atoms with Crippen LogP contribution in [0.1, 0.15) is 33.6 Å². The Morgan fingerprint density at radius 1 is 1.24 bits per heavy atom. The number of nitrogens with one attached hydrogen (secondary N) is 1. The maximum Gasteiger partial charge on any atom is 0.323 e. The highest BCUT2D eigenvalue weighted by Crippen LogP contribution is 2.19. The van der Waals surface area contributed by atoms with Crippen LogP contribution in [0, 0.1) is 5.82 Å². The summed E-state index contributed by atoms with van der Waals surface area (Å²) in [6, 6.07) is 5.90. The molecule has 2 aromatic rings. The number of halogens is 1. The second kappa shape index (κ2) is 9.95. The largest absolute Gasteiger partial charge is 0.343 e. The van der Waals surface area contributed by atoms with Gasteiger partial charge in [0.05, 0.1) is 18.1 Å². The zero-order chi connectivity index (χ0) is 20.1. The summed E-state index contributed by atoms with van der Waals surface area (Å²) in [4.78, 5) is 36.2. The minimum absolute atomic E-state index is 0. The van der Waals surface area contributed by atoms with Gasteiger partial charge in [-0.2, -0.15) is 0 Å². The second-order valence-electron chi connectivity index (χ2n) is 6.80. The molecule has 0 saturated carbocycles. The molecule has 0 unspecified atom stereocenters. The maximum atomic E-state index is 13.3. The highest BCUT2D eigenvalue weighted by molar-refractivity contribution is 5.88. The van der Waals surface area contributed by atoms with Crippen molar-refractivity contribution in [3.05, 3.63) is 42.5 Å². The molecule has 156 valence electrons. The highest BCUT2D eigenvalue weighted by Gasteiger charge is 2.27. The second-order valence-corrected chi connectivity index (χ2v) is 6.80. The topological polar surface area (TPSA) is 78.4 Å². The van der Waals surface area contributed by atoms with Crippen LogP contribution >= 0.6 is 0 Å². The standard InChI is InChI=1S/C20H24FN5O2.CH4/c1-3-19(27)26-9-7-16(8-10-26)25(2)20(28)24-18-13-22-17(12-23-18)14-5-4-6-15(21)11-14;/h4-6,11-13,16H,3,7-10H2,1-2H3,(H,23,24,28);1H4. The first-order chi connectivity index (χ1) is 13.5. The summed E-state index contributed by atoms with van der Waals surface area (Å²) in [5, 5.41) is 2.73. The van der Waals surface area contributed by atoms with Crippen molar-refractivity contribution in [2.75, 3.05) is 25.5 Å². The third-order valence-electron chi connectivity index (χ3n) is 4.99.